The molecule has 36 heavy (non-hydrogen) atoms. The molecular weight excluding hydrogens is 472 g/mol. The van der Waals surface area contributed by atoms with E-state index in [1.165, 1.54) is 18.0 Å². The molecule has 1 fully saturated rings. The molecule has 0 spiro atoms. The van der Waals surface area contributed by atoms with Gasteiger partial charge in [-0.25, -0.2) is 4.79 Å². The third-order valence-corrected chi connectivity index (χ3v) is 6.58. The number of hydrogen-bond acceptors (Lipinski definition) is 6. The molecule has 0 bridgehead atoms. The lowest BCUT2D eigenvalue weighted by molar-refractivity contribution is 0.0610. The number of ether oxygens (including phenoxy) is 1. The zero-order valence-corrected chi connectivity index (χ0v) is 20.9. The summed E-state index contributed by atoms with van der Waals surface area (Å²) in [6.45, 7) is 7.25. The van der Waals surface area contributed by atoms with Gasteiger partial charge in [0.25, 0.3) is 5.91 Å². The van der Waals surface area contributed by atoms with Gasteiger partial charge in [0.15, 0.2) is 0 Å². The van der Waals surface area contributed by atoms with Crippen LogP contribution < -0.4 is 4.72 Å². The molecule has 4 rings (SSSR count). The number of rotatable bonds is 7. The molecule has 3 aromatic rings. The Morgan fingerprint density at radius 2 is 1.75 bits per heavy atom. The average Bonchev–Trinajstić information content (AvgIpc) is 2.94. The summed E-state index contributed by atoms with van der Waals surface area (Å²) in [6.07, 6.45) is 8.14. The zero-order chi connectivity index (χ0) is 25.3. The second-order valence-electron chi connectivity index (χ2n) is 8.06. The summed E-state index contributed by atoms with van der Waals surface area (Å²) in [5.74, 6) is 0.334. The fourth-order valence-corrected chi connectivity index (χ4v) is 4.51. The summed E-state index contributed by atoms with van der Waals surface area (Å²) >= 11 is 1.49. The van der Waals surface area contributed by atoms with E-state index in [1.807, 2.05) is 67.6 Å². The number of amides is 2. The molecule has 2 aromatic carbocycles. The normalized spacial score (nSPS) is 14.2. The first kappa shape index (κ1) is 25.1. The topological polar surface area (TPSA) is 74.8 Å². The fraction of sp³-hybridized carbons (Fsp3) is 0.179. The third-order valence-electron chi connectivity index (χ3n) is 5.69. The number of nitrogens with zero attached hydrogens (tertiary/aromatic N) is 3. The molecule has 184 valence electrons. The number of allylic oxidation sites excluding steroid dienone is 4. The van der Waals surface area contributed by atoms with E-state index in [0.717, 1.165) is 21.5 Å². The molecule has 0 saturated carbocycles. The van der Waals surface area contributed by atoms with Crippen molar-refractivity contribution in [2.75, 3.05) is 30.9 Å². The first-order valence-corrected chi connectivity index (χ1v) is 12.5. The highest BCUT2D eigenvalue weighted by Gasteiger charge is 2.26. The van der Waals surface area contributed by atoms with Gasteiger partial charge in [-0.2, -0.15) is 0 Å². The minimum Gasteiger partial charge on any atom is -0.410 e. The van der Waals surface area contributed by atoms with Gasteiger partial charge < -0.3 is 19.3 Å². The number of carbonyl (C=O) groups is 2. The van der Waals surface area contributed by atoms with Crippen molar-refractivity contribution in [3.05, 3.63) is 103 Å². The smallest absolute Gasteiger partial charge is 0.410 e. The van der Waals surface area contributed by atoms with Gasteiger partial charge in [-0.3, -0.25) is 9.78 Å². The minimum absolute atomic E-state index is 0.0553. The van der Waals surface area contributed by atoms with Crippen LogP contribution in [0.5, 0.6) is 0 Å². The molecule has 0 unspecified atom stereocenters. The van der Waals surface area contributed by atoms with E-state index in [4.69, 9.17) is 4.74 Å². The highest BCUT2D eigenvalue weighted by atomic mass is 32.2. The Bertz CT molecular complexity index is 1290. The Kier molecular flexibility index (Phi) is 8.41. The summed E-state index contributed by atoms with van der Waals surface area (Å²) < 4.78 is 8.70. The van der Waals surface area contributed by atoms with Crippen molar-refractivity contribution >= 4 is 40.5 Å². The molecule has 0 atom stereocenters. The fourth-order valence-electron chi connectivity index (χ4n) is 3.73. The molecule has 8 heteroatoms. The summed E-state index contributed by atoms with van der Waals surface area (Å²) in [7, 11) is 0. The molecule has 0 radical (unpaired) electrons. The number of aromatic nitrogens is 1. The lowest BCUT2D eigenvalue weighted by atomic mass is 10.1. The molecule has 2 heterocycles. The number of benzene rings is 2. The summed E-state index contributed by atoms with van der Waals surface area (Å²) in [6, 6.07) is 17.4. The van der Waals surface area contributed by atoms with Crippen molar-refractivity contribution in [1.82, 2.24) is 14.8 Å². The lowest BCUT2D eigenvalue weighted by Gasteiger charge is -2.34. The molecule has 0 aliphatic carbocycles. The third kappa shape index (κ3) is 6.14. The molecule has 1 N–H and O–H groups in total. The van der Waals surface area contributed by atoms with Gasteiger partial charge in [0, 0.05) is 49.0 Å². The number of piperazine rings is 1. The summed E-state index contributed by atoms with van der Waals surface area (Å²) in [5.41, 5.74) is 2.44. The van der Waals surface area contributed by atoms with Crippen LogP contribution in [0.15, 0.2) is 102 Å². The van der Waals surface area contributed by atoms with Crippen molar-refractivity contribution in [2.24, 2.45) is 0 Å². The van der Waals surface area contributed by atoms with E-state index >= 15 is 0 Å². The first-order chi connectivity index (χ1) is 17.6. The van der Waals surface area contributed by atoms with E-state index in [0.29, 0.717) is 37.5 Å². The Balaban J connectivity index is 1.30. The molecule has 1 aliphatic heterocycles. The van der Waals surface area contributed by atoms with Gasteiger partial charge in [0.05, 0.1) is 10.4 Å². The van der Waals surface area contributed by atoms with Gasteiger partial charge in [0.2, 0.25) is 0 Å². The van der Waals surface area contributed by atoms with Crippen LogP contribution in [0, 0.1) is 0 Å². The highest BCUT2D eigenvalue weighted by Crippen LogP contribution is 2.27. The molecular formula is C28H28N4O3S. The van der Waals surface area contributed by atoms with Crippen LogP contribution in [-0.4, -0.2) is 53.0 Å². The molecule has 7 nitrogen and oxygen atoms in total. The van der Waals surface area contributed by atoms with Crippen molar-refractivity contribution in [2.45, 2.75) is 11.8 Å². The quantitative estimate of drug-likeness (QED) is 0.248. The van der Waals surface area contributed by atoms with E-state index < -0.39 is 6.09 Å². The van der Waals surface area contributed by atoms with Gasteiger partial charge in [0.1, 0.15) is 5.76 Å². The van der Waals surface area contributed by atoms with E-state index in [2.05, 4.69) is 16.3 Å². The van der Waals surface area contributed by atoms with Crippen LogP contribution in [0.1, 0.15) is 17.3 Å². The van der Waals surface area contributed by atoms with Crippen molar-refractivity contribution in [3.8, 4) is 0 Å². The maximum absolute atomic E-state index is 13.0. The minimum atomic E-state index is -0.438. The molecule has 1 aromatic heterocycles. The number of hydrogen-bond donors (Lipinski definition) is 1. The Labute approximate surface area is 215 Å². The van der Waals surface area contributed by atoms with Crippen LogP contribution >= 0.6 is 11.9 Å². The zero-order valence-electron chi connectivity index (χ0n) is 20.1. The van der Waals surface area contributed by atoms with Crippen LogP contribution in [0.2, 0.25) is 0 Å². The number of nitrogens with one attached hydrogen (secondary N) is 1. The Morgan fingerprint density at radius 1 is 1.03 bits per heavy atom. The maximum atomic E-state index is 13.0. The van der Waals surface area contributed by atoms with E-state index in [9.17, 15) is 9.59 Å². The predicted molar refractivity (Wildman–Crippen MR) is 145 cm³/mol. The van der Waals surface area contributed by atoms with Crippen LogP contribution in [-0.2, 0) is 4.74 Å². The number of carbonyl (C=O) groups excluding carboxylic acids is 2. The van der Waals surface area contributed by atoms with Crippen molar-refractivity contribution < 1.29 is 14.3 Å². The number of pyridine rings is 1. The molecule has 2 amide bonds. The number of para-hydroxylation sites is 1. The average molecular weight is 501 g/mol. The van der Waals surface area contributed by atoms with Crippen LogP contribution in [0.4, 0.5) is 10.5 Å². The van der Waals surface area contributed by atoms with E-state index in [-0.39, 0.29) is 5.91 Å². The van der Waals surface area contributed by atoms with Crippen molar-refractivity contribution in [3.63, 3.8) is 0 Å². The van der Waals surface area contributed by atoms with Gasteiger partial charge >= 0.3 is 6.09 Å². The van der Waals surface area contributed by atoms with Gasteiger partial charge in [-0.05, 0) is 67.4 Å². The number of anilines is 1. The monoisotopic (exact) mass is 500 g/mol. The second-order valence-corrected chi connectivity index (χ2v) is 8.91. The molecule has 1 saturated heterocycles. The second kappa shape index (κ2) is 12.1. The highest BCUT2D eigenvalue weighted by molar-refractivity contribution is 8.00. The summed E-state index contributed by atoms with van der Waals surface area (Å²) in [4.78, 5) is 34.3. The first-order valence-electron chi connectivity index (χ1n) is 11.7. The van der Waals surface area contributed by atoms with Crippen LogP contribution in [0.3, 0.4) is 0 Å². The van der Waals surface area contributed by atoms with E-state index in [1.54, 1.807) is 28.1 Å². The Morgan fingerprint density at radius 3 is 2.47 bits per heavy atom. The SMILES string of the molecule is C=C/C(=C\C=C/C)OC(=O)N1CCN(C(=O)c2ccc(NSc3cccc4cccnc34)cc2)CC1. The maximum Gasteiger partial charge on any atom is 0.415 e. The number of fused-ring (bicyclic) bond motifs is 1. The lowest BCUT2D eigenvalue weighted by Crippen LogP contribution is -2.50. The largest absolute Gasteiger partial charge is 0.415 e. The Hall–Kier alpha value is -4.04. The van der Waals surface area contributed by atoms with Crippen LogP contribution in [0.25, 0.3) is 10.9 Å². The summed E-state index contributed by atoms with van der Waals surface area (Å²) in [5, 5.41) is 1.09. The van der Waals surface area contributed by atoms with Gasteiger partial charge in [-0.15, -0.1) is 0 Å². The van der Waals surface area contributed by atoms with Crippen molar-refractivity contribution in [1.29, 1.82) is 0 Å². The van der Waals surface area contributed by atoms with Gasteiger partial charge in [-0.1, -0.05) is 36.9 Å². The predicted octanol–water partition coefficient (Wildman–Crippen LogP) is 5.89. The standard InChI is InChI=1S/C28H28N4O3S/c1-3-5-10-24(4-2)35-28(34)32-19-17-31(18-20-32)27(33)22-12-14-23(15-13-22)30-36-25-11-6-8-21-9-7-16-29-26(21)25/h3-16,30H,2,17-20H2,1H3/b5-3-,24-10+. The molecule has 1 aliphatic rings.